The molecule has 4 nitrogen and oxygen atoms in total. The highest BCUT2D eigenvalue weighted by Crippen LogP contribution is 2.22. The van der Waals surface area contributed by atoms with Gasteiger partial charge in [-0.05, 0) is 49.8 Å². The summed E-state index contributed by atoms with van der Waals surface area (Å²) in [6, 6.07) is 2.17. The number of piperidine rings is 1. The van der Waals surface area contributed by atoms with Crippen LogP contribution in [-0.2, 0) is 11.3 Å². The Labute approximate surface area is 114 Å². The lowest BCUT2D eigenvalue weighted by molar-refractivity contribution is -0.137. The average Bonchev–Trinajstić information content (AvgIpc) is 2.37. The lowest BCUT2D eigenvalue weighted by Gasteiger charge is -2.32. The predicted molar refractivity (Wildman–Crippen MR) is 73.8 cm³/mol. The largest absolute Gasteiger partial charge is 0.481 e. The van der Waals surface area contributed by atoms with Gasteiger partial charge in [0.1, 0.15) is 0 Å². The van der Waals surface area contributed by atoms with Gasteiger partial charge in [0.15, 0.2) is 0 Å². The molecule has 1 atom stereocenters. The maximum Gasteiger partial charge on any atom is 0.303 e. The van der Waals surface area contributed by atoms with Crippen LogP contribution in [0.15, 0.2) is 18.5 Å². The zero-order chi connectivity index (χ0) is 13.7. The number of rotatable bonds is 5. The number of aliphatic carboxylic acids is 1. The van der Waals surface area contributed by atoms with E-state index in [1.165, 1.54) is 17.5 Å². The van der Waals surface area contributed by atoms with Crippen LogP contribution in [0.1, 0.15) is 36.8 Å². The third-order valence-electron chi connectivity index (χ3n) is 3.71. The first-order valence-electron chi connectivity index (χ1n) is 6.98. The van der Waals surface area contributed by atoms with Crippen LogP contribution < -0.4 is 0 Å². The molecule has 2 rings (SSSR count). The van der Waals surface area contributed by atoms with Crippen LogP contribution in [0, 0.1) is 12.8 Å². The van der Waals surface area contributed by atoms with E-state index in [-0.39, 0.29) is 0 Å². The van der Waals surface area contributed by atoms with Crippen LogP contribution in [0.2, 0.25) is 0 Å². The number of carboxylic acids is 1. The van der Waals surface area contributed by atoms with E-state index < -0.39 is 5.97 Å². The van der Waals surface area contributed by atoms with E-state index in [1.807, 2.05) is 12.4 Å². The monoisotopic (exact) mass is 262 g/mol. The fourth-order valence-electron chi connectivity index (χ4n) is 2.82. The second-order valence-electron chi connectivity index (χ2n) is 5.55. The van der Waals surface area contributed by atoms with Crippen molar-refractivity contribution in [3.63, 3.8) is 0 Å². The Morgan fingerprint density at radius 1 is 1.53 bits per heavy atom. The molecule has 1 fully saturated rings. The summed E-state index contributed by atoms with van der Waals surface area (Å²) in [5.74, 6) is -0.150. The number of likely N-dealkylation sites (tertiary alicyclic amines) is 1. The fourth-order valence-corrected chi connectivity index (χ4v) is 2.82. The Hall–Kier alpha value is -1.42. The lowest BCUT2D eigenvalue weighted by Crippen LogP contribution is -2.35. The summed E-state index contributed by atoms with van der Waals surface area (Å²) < 4.78 is 0. The van der Waals surface area contributed by atoms with Gasteiger partial charge in [-0.15, -0.1) is 0 Å². The van der Waals surface area contributed by atoms with Gasteiger partial charge in [0.25, 0.3) is 0 Å². The van der Waals surface area contributed by atoms with E-state index in [4.69, 9.17) is 5.11 Å². The molecule has 0 spiro atoms. The van der Waals surface area contributed by atoms with Crippen molar-refractivity contribution < 1.29 is 9.90 Å². The molecular weight excluding hydrogens is 240 g/mol. The van der Waals surface area contributed by atoms with Gasteiger partial charge in [-0.1, -0.05) is 6.07 Å². The highest BCUT2D eigenvalue weighted by Gasteiger charge is 2.20. The van der Waals surface area contributed by atoms with Crippen LogP contribution in [0.25, 0.3) is 0 Å². The molecule has 1 N–H and O–H groups in total. The zero-order valence-electron chi connectivity index (χ0n) is 11.5. The van der Waals surface area contributed by atoms with Crippen molar-refractivity contribution in [2.75, 3.05) is 13.1 Å². The van der Waals surface area contributed by atoms with E-state index >= 15 is 0 Å². The van der Waals surface area contributed by atoms with E-state index in [0.29, 0.717) is 12.3 Å². The third kappa shape index (κ3) is 4.63. The molecule has 2 heterocycles. The summed E-state index contributed by atoms with van der Waals surface area (Å²) in [5, 5.41) is 8.75. The minimum absolute atomic E-state index is 0.296. The first-order valence-corrected chi connectivity index (χ1v) is 6.98. The number of carbonyl (C=O) groups is 1. The summed E-state index contributed by atoms with van der Waals surface area (Å²) in [6.45, 7) is 5.11. The van der Waals surface area contributed by atoms with Crippen LogP contribution in [-0.4, -0.2) is 34.0 Å². The molecule has 1 aliphatic rings. The van der Waals surface area contributed by atoms with Crippen molar-refractivity contribution >= 4 is 5.97 Å². The van der Waals surface area contributed by atoms with Crippen LogP contribution in [0.4, 0.5) is 0 Å². The predicted octanol–water partition coefficient (Wildman–Crippen LogP) is 2.47. The second kappa shape index (κ2) is 6.66. The molecule has 0 radical (unpaired) electrons. The molecule has 1 aromatic rings. The number of carboxylic acid groups (broad SMARTS) is 1. The molecule has 19 heavy (non-hydrogen) atoms. The summed E-state index contributed by atoms with van der Waals surface area (Å²) >= 11 is 0. The molecular formula is C15H22N2O2. The van der Waals surface area contributed by atoms with Gasteiger partial charge in [0.2, 0.25) is 0 Å². The van der Waals surface area contributed by atoms with Crippen molar-refractivity contribution in [2.24, 2.45) is 5.92 Å². The summed E-state index contributed by atoms with van der Waals surface area (Å²) in [7, 11) is 0. The smallest absolute Gasteiger partial charge is 0.303 e. The van der Waals surface area contributed by atoms with Crippen molar-refractivity contribution in [3.05, 3.63) is 29.6 Å². The number of pyridine rings is 1. The molecule has 1 aromatic heterocycles. The Balaban J connectivity index is 1.85. The number of nitrogens with zero attached hydrogens (tertiary/aromatic N) is 2. The maximum atomic E-state index is 10.6. The van der Waals surface area contributed by atoms with Gasteiger partial charge in [-0.25, -0.2) is 0 Å². The van der Waals surface area contributed by atoms with Gasteiger partial charge in [0, 0.05) is 31.9 Å². The van der Waals surface area contributed by atoms with Crippen molar-refractivity contribution in [1.29, 1.82) is 0 Å². The van der Waals surface area contributed by atoms with E-state index in [0.717, 1.165) is 32.5 Å². The molecule has 1 aliphatic heterocycles. The van der Waals surface area contributed by atoms with E-state index in [1.54, 1.807) is 0 Å². The first kappa shape index (κ1) is 14.0. The highest BCUT2D eigenvalue weighted by molar-refractivity contribution is 5.66. The molecule has 1 unspecified atom stereocenters. The Morgan fingerprint density at radius 3 is 3.11 bits per heavy atom. The first-order chi connectivity index (χ1) is 9.13. The average molecular weight is 262 g/mol. The van der Waals surface area contributed by atoms with Gasteiger partial charge >= 0.3 is 5.97 Å². The molecule has 0 amide bonds. The van der Waals surface area contributed by atoms with Gasteiger partial charge in [-0.2, -0.15) is 0 Å². The SMILES string of the molecule is Cc1cncc(CN2CCCC(CCC(=O)O)C2)c1. The summed E-state index contributed by atoms with van der Waals surface area (Å²) in [5.41, 5.74) is 2.44. The van der Waals surface area contributed by atoms with Crippen LogP contribution >= 0.6 is 0 Å². The molecule has 4 heteroatoms. The summed E-state index contributed by atoms with van der Waals surface area (Å²) in [4.78, 5) is 17.3. The topological polar surface area (TPSA) is 53.4 Å². The highest BCUT2D eigenvalue weighted by atomic mass is 16.4. The van der Waals surface area contributed by atoms with Gasteiger partial charge in [-0.3, -0.25) is 14.7 Å². The number of aromatic nitrogens is 1. The van der Waals surface area contributed by atoms with Crippen molar-refractivity contribution in [1.82, 2.24) is 9.88 Å². The lowest BCUT2D eigenvalue weighted by atomic mass is 9.93. The van der Waals surface area contributed by atoms with Gasteiger partial charge in [0.05, 0.1) is 0 Å². The molecule has 0 saturated carbocycles. The third-order valence-corrected chi connectivity index (χ3v) is 3.71. The minimum atomic E-state index is -0.681. The Morgan fingerprint density at radius 2 is 2.37 bits per heavy atom. The van der Waals surface area contributed by atoms with Gasteiger partial charge < -0.3 is 5.11 Å². The zero-order valence-corrected chi connectivity index (χ0v) is 11.5. The van der Waals surface area contributed by atoms with Crippen molar-refractivity contribution in [3.8, 4) is 0 Å². The van der Waals surface area contributed by atoms with E-state index in [2.05, 4.69) is 22.9 Å². The standard InChI is InChI=1S/C15H22N2O2/c1-12-7-14(9-16-8-12)11-17-6-2-3-13(10-17)4-5-15(18)19/h7-9,13H,2-6,10-11H2,1H3,(H,18,19). The number of hydrogen-bond donors (Lipinski definition) is 1. The quantitative estimate of drug-likeness (QED) is 0.885. The van der Waals surface area contributed by atoms with Crippen molar-refractivity contribution in [2.45, 2.75) is 39.2 Å². The second-order valence-corrected chi connectivity index (χ2v) is 5.55. The number of hydrogen-bond acceptors (Lipinski definition) is 3. The van der Waals surface area contributed by atoms with E-state index in [9.17, 15) is 4.79 Å². The molecule has 0 aromatic carbocycles. The summed E-state index contributed by atoms with van der Waals surface area (Å²) in [6.07, 6.45) is 7.23. The normalized spacial score (nSPS) is 20.4. The fraction of sp³-hybridized carbons (Fsp3) is 0.600. The molecule has 1 saturated heterocycles. The maximum absolute atomic E-state index is 10.6. The molecule has 0 bridgehead atoms. The Bertz CT molecular complexity index is 434. The number of aryl methyl sites for hydroxylation is 1. The minimum Gasteiger partial charge on any atom is -0.481 e. The van der Waals surface area contributed by atoms with Crippen LogP contribution in [0.5, 0.6) is 0 Å². The Kier molecular flexibility index (Phi) is 4.91. The van der Waals surface area contributed by atoms with Crippen LogP contribution in [0.3, 0.4) is 0 Å². The molecule has 104 valence electrons. The molecule has 0 aliphatic carbocycles.